The van der Waals surface area contributed by atoms with E-state index in [4.69, 9.17) is 0 Å². The van der Waals surface area contributed by atoms with Crippen molar-refractivity contribution in [2.45, 2.75) is 52.4 Å². The van der Waals surface area contributed by atoms with Crippen LogP contribution in [-0.2, 0) is 44.1 Å². The van der Waals surface area contributed by atoms with Crippen LogP contribution >= 0.6 is 0 Å². The molecule has 0 saturated carbocycles. The second-order valence-electron chi connectivity index (χ2n) is 8.20. The Hall–Kier alpha value is -3.23. The van der Waals surface area contributed by atoms with Crippen LogP contribution in [0.3, 0.4) is 0 Å². The van der Waals surface area contributed by atoms with Crippen LogP contribution in [0.25, 0.3) is 0 Å². The van der Waals surface area contributed by atoms with Crippen molar-refractivity contribution in [2.75, 3.05) is 13.1 Å². The Morgan fingerprint density at radius 1 is 0.707 bits per heavy atom. The molecule has 0 spiro atoms. The maximum atomic E-state index is 13.0. The molecule has 0 saturated heterocycles. The number of rotatable bonds is 8. The van der Waals surface area contributed by atoms with Crippen molar-refractivity contribution in [3.63, 3.8) is 0 Å². The Bertz CT molecular complexity index is 1070. The van der Waals surface area contributed by atoms with Crippen LogP contribution in [0, 0.1) is 47.6 Å². The van der Waals surface area contributed by atoms with Crippen LogP contribution in [0.15, 0.2) is 60.7 Å². The summed E-state index contributed by atoms with van der Waals surface area (Å²) in [6.45, 7) is 4.18. The smallest absolute Gasteiger partial charge is 0.357 e. The van der Waals surface area contributed by atoms with Crippen molar-refractivity contribution in [1.29, 1.82) is 0 Å². The van der Waals surface area contributed by atoms with E-state index in [-0.39, 0.29) is 33.5 Å². The molecular weight excluding hydrogens is 568 g/mol. The van der Waals surface area contributed by atoms with Gasteiger partial charge in [0, 0.05) is 49.2 Å². The summed E-state index contributed by atoms with van der Waals surface area (Å²) in [7, 11) is 0. The van der Waals surface area contributed by atoms with E-state index in [9.17, 15) is 27.2 Å². The van der Waals surface area contributed by atoms with E-state index in [1.807, 2.05) is 36.4 Å². The fraction of sp³-hybridized carbons (Fsp3) is 0.312. The molecule has 2 amide bonds. The molecular formula is C32H34F4N2O2Ti. The van der Waals surface area contributed by atoms with Gasteiger partial charge in [-0.05, 0) is 0 Å². The largest absolute Gasteiger partial charge is 4.00 e. The SMILES string of the molecule is CCC(=O)NCCc1ccc(F)[c-]c1F.CCC(=O)NCCc1ccc(F)[c-]c1F.[C-]1=CC=CC1.[C-]1=CC=CC1.[Ti+4]. The van der Waals surface area contributed by atoms with Crippen LogP contribution in [-0.4, -0.2) is 24.9 Å². The molecule has 0 aromatic heterocycles. The minimum absolute atomic E-state index is 0. The number of carbonyl (C=O) groups excluding carboxylic acids is 2. The van der Waals surface area contributed by atoms with E-state index in [1.165, 1.54) is 12.1 Å². The first-order valence-electron chi connectivity index (χ1n) is 13.0. The summed E-state index contributed by atoms with van der Waals surface area (Å²) in [6, 6.07) is 8.92. The topological polar surface area (TPSA) is 58.2 Å². The molecule has 2 N–H and O–H groups in total. The van der Waals surface area contributed by atoms with Gasteiger partial charge in [-0.15, -0.1) is 48.2 Å². The molecule has 0 unspecified atom stereocenters. The van der Waals surface area contributed by atoms with E-state index in [0.29, 0.717) is 49.9 Å². The predicted octanol–water partition coefficient (Wildman–Crippen LogP) is 6.28. The molecule has 4 rings (SSSR count). The van der Waals surface area contributed by atoms with E-state index < -0.39 is 23.3 Å². The third kappa shape index (κ3) is 18.7. The average molecular weight is 602 g/mol. The minimum Gasteiger partial charge on any atom is -0.357 e. The first kappa shape index (κ1) is 37.8. The Labute approximate surface area is 255 Å². The van der Waals surface area contributed by atoms with Gasteiger partial charge in [0.1, 0.15) is 0 Å². The third-order valence-corrected chi connectivity index (χ3v) is 5.13. The molecule has 41 heavy (non-hydrogen) atoms. The average Bonchev–Trinajstić information content (AvgIpc) is 3.71. The molecule has 0 radical (unpaired) electrons. The van der Waals surface area contributed by atoms with Gasteiger partial charge in [-0.3, -0.25) is 21.7 Å². The molecule has 0 heterocycles. The third-order valence-electron chi connectivity index (χ3n) is 5.13. The maximum Gasteiger partial charge on any atom is 4.00 e. The molecule has 2 aliphatic carbocycles. The van der Waals surface area contributed by atoms with Gasteiger partial charge >= 0.3 is 21.7 Å². The van der Waals surface area contributed by atoms with Crippen molar-refractivity contribution in [3.8, 4) is 0 Å². The summed E-state index contributed by atoms with van der Waals surface area (Å²) in [5.74, 6) is -2.98. The van der Waals surface area contributed by atoms with Crippen molar-refractivity contribution < 1.29 is 48.9 Å². The number of benzene rings is 2. The summed E-state index contributed by atoms with van der Waals surface area (Å²) in [5, 5.41) is 5.22. The number of amides is 2. The Morgan fingerprint density at radius 3 is 1.34 bits per heavy atom. The Balaban J connectivity index is 0.000000573. The van der Waals surface area contributed by atoms with E-state index in [0.717, 1.165) is 25.0 Å². The van der Waals surface area contributed by atoms with E-state index >= 15 is 0 Å². The quantitative estimate of drug-likeness (QED) is 0.213. The molecule has 0 atom stereocenters. The number of hydrogen-bond acceptors (Lipinski definition) is 2. The Kier molecular flexibility index (Phi) is 21.6. The second-order valence-corrected chi connectivity index (χ2v) is 8.20. The van der Waals surface area contributed by atoms with Crippen molar-refractivity contribution >= 4 is 11.8 Å². The molecule has 0 fully saturated rings. The summed E-state index contributed by atoms with van der Waals surface area (Å²) in [4.78, 5) is 21.7. The zero-order valence-electron chi connectivity index (χ0n) is 23.3. The first-order valence-corrected chi connectivity index (χ1v) is 13.0. The molecule has 2 aromatic rings. The van der Waals surface area contributed by atoms with Crippen LogP contribution < -0.4 is 10.6 Å². The van der Waals surface area contributed by atoms with Gasteiger partial charge in [0.05, 0.1) is 0 Å². The summed E-state index contributed by atoms with van der Waals surface area (Å²) in [5.41, 5.74) is 0.709. The Morgan fingerprint density at radius 2 is 1.10 bits per heavy atom. The normalized spacial score (nSPS) is 11.7. The van der Waals surface area contributed by atoms with Gasteiger partial charge < -0.3 is 10.6 Å². The molecule has 4 nitrogen and oxygen atoms in total. The fourth-order valence-electron chi connectivity index (χ4n) is 2.94. The van der Waals surface area contributed by atoms with Gasteiger partial charge in [-0.2, -0.15) is 24.3 Å². The number of halogens is 4. The van der Waals surface area contributed by atoms with Crippen molar-refractivity contribution in [2.24, 2.45) is 0 Å². The van der Waals surface area contributed by atoms with Gasteiger partial charge in [-0.1, -0.05) is 26.7 Å². The number of hydrogen-bond donors (Lipinski definition) is 2. The van der Waals surface area contributed by atoms with Crippen LogP contribution in [0.4, 0.5) is 17.6 Å². The monoisotopic (exact) mass is 602 g/mol. The molecule has 2 aromatic carbocycles. The van der Waals surface area contributed by atoms with Crippen LogP contribution in [0.2, 0.25) is 0 Å². The first-order chi connectivity index (χ1) is 19.3. The predicted molar refractivity (Wildman–Crippen MR) is 148 cm³/mol. The summed E-state index contributed by atoms with van der Waals surface area (Å²) in [6.07, 6.45) is 21.5. The van der Waals surface area contributed by atoms with Crippen molar-refractivity contribution in [3.05, 3.63) is 119 Å². The van der Waals surface area contributed by atoms with Crippen molar-refractivity contribution in [1.82, 2.24) is 10.6 Å². The van der Waals surface area contributed by atoms with E-state index in [1.54, 1.807) is 13.8 Å². The van der Waals surface area contributed by atoms with Gasteiger partial charge in [0.25, 0.3) is 0 Å². The molecule has 2 aliphatic rings. The molecule has 0 bridgehead atoms. The number of carbonyl (C=O) groups is 2. The van der Waals surface area contributed by atoms with Gasteiger partial charge in [0.15, 0.2) is 0 Å². The standard InChI is InChI=1S/2C11H12F2NO.2C5H5.Ti/c2*1-2-11(15)14-6-5-8-3-4-9(12)7-10(8)13;2*1-2-4-5-3-1;/h2*3-4H,2,5-6H2,1H3,(H,14,15);2*1-3H,4H2;/q4*-1;+4. The van der Waals surface area contributed by atoms with Crippen LogP contribution in [0.1, 0.15) is 50.7 Å². The number of allylic oxidation sites excluding steroid dienone is 8. The van der Waals surface area contributed by atoms with Gasteiger partial charge in [-0.25, -0.2) is 41.9 Å². The molecule has 9 heteroatoms. The minimum atomic E-state index is -0.714. The van der Waals surface area contributed by atoms with E-state index in [2.05, 4.69) is 34.9 Å². The van der Waals surface area contributed by atoms with Gasteiger partial charge in [0.2, 0.25) is 11.8 Å². The fourth-order valence-corrected chi connectivity index (χ4v) is 2.94. The zero-order chi connectivity index (χ0) is 29.6. The molecule has 216 valence electrons. The van der Waals surface area contributed by atoms with Crippen LogP contribution in [0.5, 0.6) is 0 Å². The second kappa shape index (κ2) is 23.5. The molecule has 0 aliphatic heterocycles. The maximum absolute atomic E-state index is 13.0. The summed E-state index contributed by atoms with van der Waals surface area (Å²) < 4.78 is 51.1. The summed E-state index contributed by atoms with van der Waals surface area (Å²) >= 11 is 0. The zero-order valence-corrected chi connectivity index (χ0v) is 24.8. The number of nitrogens with one attached hydrogen (secondary N) is 2.